The van der Waals surface area contributed by atoms with Crippen LogP contribution in [0.5, 0.6) is 0 Å². The Morgan fingerprint density at radius 3 is 2.67 bits per heavy atom. The Bertz CT molecular complexity index is 361. The van der Waals surface area contributed by atoms with Crippen molar-refractivity contribution in [2.45, 2.75) is 25.9 Å². The molecule has 0 radical (unpaired) electrons. The zero-order chi connectivity index (χ0) is 12.6. The average Bonchev–Trinajstić information content (AvgIpc) is 2.91. The van der Waals surface area contributed by atoms with Gasteiger partial charge in [-0.15, -0.1) is 0 Å². The Kier molecular flexibility index (Phi) is 5.17. The van der Waals surface area contributed by atoms with Crippen LogP contribution in [0.4, 0.5) is 0 Å². The zero-order valence-corrected chi connectivity index (χ0v) is 10.6. The van der Waals surface area contributed by atoms with E-state index < -0.39 is 0 Å². The molecule has 1 aromatic rings. The van der Waals surface area contributed by atoms with Crippen molar-refractivity contribution >= 4 is 5.91 Å². The highest BCUT2D eigenvalue weighted by Crippen LogP contribution is 2.07. The van der Waals surface area contributed by atoms with Crippen molar-refractivity contribution in [1.82, 2.24) is 10.4 Å². The van der Waals surface area contributed by atoms with Crippen molar-refractivity contribution in [2.24, 2.45) is 0 Å². The van der Waals surface area contributed by atoms with Gasteiger partial charge in [0.15, 0.2) is 0 Å². The molecule has 2 rings (SSSR count). The number of rotatable bonds is 6. The first-order chi connectivity index (χ1) is 8.84. The first kappa shape index (κ1) is 13.1. The van der Waals surface area contributed by atoms with E-state index in [0.717, 1.165) is 25.2 Å². The molecule has 1 heterocycles. The molecule has 4 nitrogen and oxygen atoms in total. The van der Waals surface area contributed by atoms with Gasteiger partial charge in [-0.1, -0.05) is 30.3 Å². The van der Waals surface area contributed by atoms with Gasteiger partial charge in [0.05, 0.1) is 6.61 Å². The SMILES string of the molecule is O=C(CCN1CCCC1)NOCc1ccccc1. The number of nitrogens with zero attached hydrogens (tertiary/aromatic N) is 1. The Balaban J connectivity index is 1.57. The maximum absolute atomic E-state index is 11.5. The third kappa shape index (κ3) is 4.47. The molecular weight excluding hydrogens is 228 g/mol. The number of nitrogens with one attached hydrogen (secondary N) is 1. The molecule has 1 amide bonds. The molecule has 0 aliphatic carbocycles. The van der Waals surface area contributed by atoms with E-state index in [1.165, 1.54) is 12.8 Å². The summed E-state index contributed by atoms with van der Waals surface area (Å²) in [6, 6.07) is 9.80. The number of carbonyl (C=O) groups excluding carboxylic acids is 1. The Hall–Kier alpha value is -1.39. The van der Waals surface area contributed by atoms with Gasteiger partial charge in [0.25, 0.3) is 0 Å². The minimum atomic E-state index is -0.0437. The monoisotopic (exact) mass is 248 g/mol. The lowest BCUT2D eigenvalue weighted by atomic mass is 10.2. The summed E-state index contributed by atoms with van der Waals surface area (Å²) in [5, 5.41) is 0. The van der Waals surface area contributed by atoms with E-state index >= 15 is 0 Å². The second kappa shape index (κ2) is 7.13. The molecule has 0 aromatic heterocycles. The van der Waals surface area contributed by atoms with Crippen LogP contribution in [0.1, 0.15) is 24.8 Å². The molecule has 1 aromatic carbocycles. The van der Waals surface area contributed by atoms with E-state index in [9.17, 15) is 4.79 Å². The Labute approximate surface area is 108 Å². The number of benzene rings is 1. The minimum absolute atomic E-state index is 0.0437. The summed E-state index contributed by atoms with van der Waals surface area (Å²) in [4.78, 5) is 19.0. The molecular formula is C14H20N2O2. The second-order valence-corrected chi connectivity index (χ2v) is 4.60. The van der Waals surface area contributed by atoms with Crippen molar-refractivity contribution in [1.29, 1.82) is 0 Å². The normalized spacial score (nSPS) is 15.8. The van der Waals surface area contributed by atoms with E-state index in [-0.39, 0.29) is 5.91 Å². The van der Waals surface area contributed by atoms with E-state index in [2.05, 4.69) is 10.4 Å². The average molecular weight is 248 g/mol. The lowest BCUT2D eigenvalue weighted by molar-refractivity contribution is -0.134. The quantitative estimate of drug-likeness (QED) is 0.779. The summed E-state index contributed by atoms with van der Waals surface area (Å²) in [5.41, 5.74) is 3.54. The van der Waals surface area contributed by atoms with Crippen molar-refractivity contribution in [3.63, 3.8) is 0 Å². The molecule has 0 saturated carbocycles. The van der Waals surface area contributed by atoms with Crippen LogP contribution in [-0.2, 0) is 16.2 Å². The largest absolute Gasteiger partial charge is 0.303 e. The van der Waals surface area contributed by atoms with E-state index in [1.54, 1.807) is 0 Å². The van der Waals surface area contributed by atoms with Crippen LogP contribution in [-0.4, -0.2) is 30.4 Å². The van der Waals surface area contributed by atoms with Gasteiger partial charge >= 0.3 is 0 Å². The summed E-state index contributed by atoms with van der Waals surface area (Å²) in [6.07, 6.45) is 3.02. The first-order valence-corrected chi connectivity index (χ1v) is 6.51. The highest BCUT2D eigenvalue weighted by molar-refractivity contribution is 5.74. The van der Waals surface area contributed by atoms with Crippen LogP contribution in [0.3, 0.4) is 0 Å². The third-order valence-electron chi connectivity index (χ3n) is 3.12. The van der Waals surface area contributed by atoms with Gasteiger partial charge in [-0.05, 0) is 31.5 Å². The smallest absolute Gasteiger partial charge is 0.244 e. The predicted molar refractivity (Wildman–Crippen MR) is 69.7 cm³/mol. The number of hydroxylamine groups is 1. The van der Waals surface area contributed by atoms with Gasteiger partial charge in [-0.2, -0.15) is 0 Å². The van der Waals surface area contributed by atoms with E-state index in [0.29, 0.717) is 13.0 Å². The lowest BCUT2D eigenvalue weighted by Crippen LogP contribution is -2.29. The minimum Gasteiger partial charge on any atom is -0.303 e. The maximum Gasteiger partial charge on any atom is 0.244 e. The number of likely N-dealkylation sites (tertiary alicyclic amines) is 1. The Morgan fingerprint density at radius 2 is 1.94 bits per heavy atom. The third-order valence-corrected chi connectivity index (χ3v) is 3.12. The summed E-state index contributed by atoms with van der Waals surface area (Å²) in [6.45, 7) is 3.49. The molecule has 0 unspecified atom stereocenters. The van der Waals surface area contributed by atoms with E-state index in [4.69, 9.17) is 4.84 Å². The molecule has 1 aliphatic heterocycles. The van der Waals surface area contributed by atoms with Crippen LogP contribution in [0, 0.1) is 0 Å². The molecule has 1 saturated heterocycles. The van der Waals surface area contributed by atoms with Crippen molar-refractivity contribution in [3.8, 4) is 0 Å². The molecule has 4 heteroatoms. The zero-order valence-electron chi connectivity index (χ0n) is 10.6. The fourth-order valence-electron chi connectivity index (χ4n) is 2.09. The topological polar surface area (TPSA) is 41.6 Å². The van der Waals surface area contributed by atoms with Crippen molar-refractivity contribution < 1.29 is 9.63 Å². The standard InChI is InChI=1S/C14H20N2O2/c17-14(8-11-16-9-4-5-10-16)15-18-12-13-6-2-1-3-7-13/h1-3,6-7H,4-5,8-12H2,(H,15,17). The molecule has 1 aliphatic rings. The summed E-state index contributed by atoms with van der Waals surface area (Å²) < 4.78 is 0. The van der Waals surface area contributed by atoms with Crippen LogP contribution < -0.4 is 5.48 Å². The van der Waals surface area contributed by atoms with Gasteiger partial charge in [0.2, 0.25) is 5.91 Å². The van der Waals surface area contributed by atoms with Gasteiger partial charge in [0.1, 0.15) is 0 Å². The highest BCUT2D eigenvalue weighted by atomic mass is 16.6. The molecule has 0 bridgehead atoms. The van der Waals surface area contributed by atoms with Crippen LogP contribution >= 0.6 is 0 Å². The predicted octanol–water partition coefficient (Wildman–Crippen LogP) is 1.72. The molecule has 1 N–H and O–H groups in total. The highest BCUT2D eigenvalue weighted by Gasteiger charge is 2.12. The van der Waals surface area contributed by atoms with E-state index in [1.807, 2.05) is 30.3 Å². The van der Waals surface area contributed by atoms with Crippen LogP contribution in [0.15, 0.2) is 30.3 Å². The molecule has 18 heavy (non-hydrogen) atoms. The molecule has 1 fully saturated rings. The summed E-state index contributed by atoms with van der Waals surface area (Å²) >= 11 is 0. The number of hydrogen-bond donors (Lipinski definition) is 1. The molecule has 0 atom stereocenters. The summed E-state index contributed by atoms with van der Waals surface area (Å²) in [7, 11) is 0. The number of amides is 1. The summed E-state index contributed by atoms with van der Waals surface area (Å²) in [5.74, 6) is -0.0437. The van der Waals surface area contributed by atoms with Gasteiger partial charge < -0.3 is 4.90 Å². The lowest BCUT2D eigenvalue weighted by Gasteiger charge is -2.13. The van der Waals surface area contributed by atoms with Crippen LogP contribution in [0.25, 0.3) is 0 Å². The maximum atomic E-state index is 11.5. The van der Waals surface area contributed by atoms with Crippen molar-refractivity contribution in [3.05, 3.63) is 35.9 Å². The van der Waals surface area contributed by atoms with Crippen molar-refractivity contribution in [2.75, 3.05) is 19.6 Å². The van der Waals surface area contributed by atoms with Gasteiger partial charge in [0, 0.05) is 13.0 Å². The second-order valence-electron chi connectivity index (χ2n) is 4.60. The fraction of sp³-hybridized carbons (Fsp3) is 0.500. The number of carbonyl (C=O) groups is 1. The molecule has 98 valence electrons. The fourth-order valence-corrected chi connectivity index (χ4v) is 2.09. The Morgan fingerprint density at radius 1 is 1.22 bits per heavy atom. The first-order valence-electron chi connectivity index (χ1n) is 6.51. The van der Waals surface area contributed by atoms with Gasteiger partial charge in [-0.3, -0.25) is 9.63 Å². The van der Waals surface area contributed by atoms with Crippen LogP contribution in [0.2, 0.25) is 0 Å². The van der Waals surface area contributed by atoms with Gasteiger partial charge in [-0.25, -0.2) is 5.48 Å². The molecule has 0 spiro atoms. The number of hydrogen-bond acceptors (Lipinski definition) is 3.